The third-order valence-electron chi connectivity index (χ3n) is 3.76. The summed E-state index contributed by atoms with van der Waals surface area (Å²) in [4.78, 5) is 14.2. The second-order valence-electron chi connectivity index (χ2n) is 5.73. The maximum absolute atomic E-state index is 11.7. The van der Waals surface area contributed by atoms with Gasteiger partial charge in [-0.15, -0.1) is 0 Å². The molecule has 1 unspecified atom stereocenters. The van der Waals surface area contributed by atoms with Gasteiger partial charge in [-0.05, 0) is 18.8 Å². The van der Waals surface area contributed by atoms with Gasteiger partial charge in [0.2, 0.25) is 5.91 Å². The van der Waals surface area contributed by atoms with Crippen molar-refractivity contribution in [2.75, 3.05) is 26.2 Å². The van der Waals surface area contributed by atoms with Gasteiger partial charge < -0.3 is 15.8 Å². The molecule has 1 heterocycles. The van der Waals surface area contributed by atoms with Crippen LogP contribution in [-0.4, -0.2) is 55.2 Å². The maximum atomic E-state index is 11.7. The van der Waals surface area contributed by atoms with Gasteiger partial charge in [0, 0.05) is 25.7 Å². The van der Waals surface area contributed by atoms with Crippen molar-refractivity contribution in [1.82, 2.24) is 10.2 Å². The van der Waals surface area contributed by atoms with Gasteiger partial charge in [0.15, 0.2) is 0 Å². The zero-order chi connectivity index (χ0) is 13.1. The molecule has 3 N–H and O–H groups in total. The topological polar surface area (TPSA) is 67.6 Å². The predicted molar refractivity (Wildman–Crippen MR) is 70.2 cm³/mol. The second kappa shape index (κ2) is 5.99. The van der Waals surface area contributed by atoms with Crippen molar-refractivity contribution in [3.63, 3.8) is 0 Å². The number of nitrogens with one attached hydrogen (secondary N) is 1. The normalized spacial score (nSPS) is 27.2. The standard InChI is InChI=1S/C13H25N3O2/c1-9(2)12(14)13(17)15-7-11-8-16(5-6-18-11)10-3-4-10/h9-12H,3-8,14H2,1-2H3,(H,15,17)/t11?,12-/m0/s1. The lowest BCUT2D eigenvalue weighted by Crippen LogP contribution is -2.51. The van der Waals surface area contributed by atoms with Gasteiger partial charge in [0.05, 0.1) is 18.8 Å². The molecule has 5 heteroatoms. The fourth-order valence-electron chi connectivity index (χ4n) is 2.27. The number of carbonyl (C=O) groups is 1. The molecule has 1 aliphatic carbocycles. The zero-order valence-corrected chi connectivity index (χ0v) is 11.4. The molecular formula is C13H25N3O2. The van der Waals surface area contributed by atoms with E-state index >= 15 is 0 Å². The summed E-state index contributed by atoms with van der Waals surface area (Å²) in [6.45, 7) is 7.21. The van der Waals surface area contributed by atoms with Crippen molar-refractivity contribution in [2.24, 2.45) is 11.7 Å². The van der Waals surface area contributed by atoms with E-state index in [0.717, 1.165) is 25.7 Å². The molecule has 1 saturated carbocycles. The van der Waals surface area contributed by atoms with Crippen LogP contribution < -0.4 is 11.1 Å². The van der Waals surface area contributed by atoms with E-state index in [4.69, 9.17) is 10.5 Å². The minimum atomic E-state index is -0.423. The molecule has 0 radical (unpaired) electrons. The molecule has 1 amide bonds. The summed E-state index contributed by atoms with van der Waals surface area (Å²) in [6, 6.07) is 0.346. The van der Waals surface area contributed by atoms with E-state index in [-0.39, 0.29) is 17.9 Å². The van der Waals surface area contributed by atoms with Gasteiger partial charge in [-0.2, -0.15) is 0 Å². The molecule has 1 aliphatic heterocycles. The minimum absolute atomic E-state index is 0.0721. The van der Waals surface area contributed by atoms with Gasteiger partial charge in [-0.25, -0.2) is 0 Å². The van der Waals surface area contributed by atoms with Gasteiger partial charge >= 0.3 is 0 Å². The number of morpholine rings is 1. The molecule has 104 valence electrons. The Labute approximate surface area is 109 Å². The maximum Gasteiger partial charge on any atom is 0.237 e. The first-order valence-corrected chi connectivity index (χ1v) is 6.97. The van der Waals surface area contributed by atoms with E-state index in [9.17, 15) is 4.79 Å². The van der Waals surface area contributed by atoms with Crippen molar-refractivity contribution in [3.05, 3.63) is 0 Å². The van der Waals surface area contributed by atoms with Crippen LogP contribution in [0.25, 0.3) is 0 Å². The predicted octanol–water partition coefficient (Wildman–Crippen LogP) is -0.0509. The summed E-state index contributed by atoms with van der Waals surface area (Å²) in [7, 11) is 0. The minimum Gasteiger partial charge on any atom is -0.374 e. The van der Waals surface area contributed by atoms with Crippen LogP contribution in [0.1, 0.15) is 26.7 Å². The van der Waals surface area contributed by atoms with E-state index in [1.807, 2.05) is 13.8 Å². The van der Waals surface area contributed by atoms with E-state index in [2.05, 4.69) is 10.2 Å². The summed E-state index contributed by atoms with van der Waals surface area (Å²) >= 11 is 0. The van der Waals surface area contributed by atoms with Crippen LogP contribution in [0, 0.1) is 5.92 Å². The van der Waals surface area contributed by atoms with Gasteiger partial charge in [0.1, 0.15) is 0 Å². The summed E-state index contributed by atoms with van der Waals surface area (Å²) in [5.41, 5.74) is 5.80. The van der Waals surface area contributed by atoms with Crippen LogP contribution in [0.3, 0.4) is 0 Å². The molecule has 18 heavy (non-hydrogen) atoms. The zero-order valence-electron chi connectivity index (χ0n) is 11.4. The number of rotatable bonds is 5. The van der Waals surface area contributed by atoms with E-state index in [1.165, 1.54) is 12.8 Å². The van der Waals surface area contributed by atoms with Crippen LogP contribution in [0.2, 0.25) is 0 Å². The Balaban J connectivity index is 1.70. The number of hydrogen-bond acceptors (Lipinski definition) is 4. The Morgan fingerprint density at radius 1 is 1.50 bits per heavy atom. The number of nitrogens with zero attached hydrogens (tertiary/aromatic N) is 1. The summed E-state index contributed by atoms with van der Waals surface area (Å²) in [5, 5.41) is 2.90. The highest BCUT2D eigenvalue weighted by molar-refractivity contribution is 5.81. The number of nitrogens with two attached hydrogens (primary N) is 1. The molecule has 2 rings (SSSR count). The molecule has 1 saturated heterocycles. The second-order valence-corrected chi connectivity index (χ2v) is 5.73. The van der Waals surface area contributed by atoms with E-state index in [1.54, 1.807) is 0 Å². The number of amides is 1. The van der Waals surface area contributed by atoms with Gasteiger partial charge in [-0.1, -0.05) is 13.8 Å². The Bertz CT molecular complexity index is 292. The van der Waals surface area contributed by atoms with Crippen LogP contribution >= 0.6 is 0 Å². The molecule has 0 aromatic carbocycles. The molecule has 0 bridgehead atoms. The first kappa shape index (κ1) is 13.8. The van der Waals surface area contributed by atoms with Crippen LogP contribution in [0.5, 0.6) is 0 Å². The molecule has 2 aliphatic rings. The van der Waals surface area contributed by atoms with Crippen LogP contribution in [0.4, 0.5) is 0 Å². The quantitative estimate of drug-likeness (QED) is 0.723. The third kappa shape index (κ3) is 3.67. The first-order valence-electron chi connectivity index (χ1n) is 6.97. The molecule has 5 nitrogen and oxygen atoms in total. The van der Waals surface area contributed by atoms with Crippen molar-refractivity contribution in [2.45, 2.75) is 44.9 Å². The van der Waals surface area contributed by atoms with Crippen molar-refractivity contribution < 1.29 is 9.53 Å². The molecular weight excluding hydrogens is 230 g/mol. The lowest BCUT2D eigenvalue weighted by molar-refractivity contribution is -0.124. The summed E-state index contributed by atoms with van der Waals surface area (Å²) in [6.07, 6.45) is 2.75. The fraction of sp³-hybridized carbons (Fsp3) is 0.923. The first-order chi connectivity index (χ1) is 8.58. The van der Waals surface area contributed by atoms with Crippen LogP contribution in [0.15, 0.2) is 0 Å². The lowest BCUT2D eigenvalue weighted by atomic mass is 10.1. The van der Waals surface area contributed by atoms with Gasteiger partial charge in [0.25, 0.3) is 0 Å². The molecule has 0 spiro atoms. The highest BCUT2D eigenvalue weighted by Crippen LogP contribution is 2.28. The fourth-order valence-corrected chi connectivity index (χ4v) is 2.27. The van der Waals surface area contributed by atoms with E-state index in [0.29, 0.717) is 6.54 Å². The number of hydrogen-bond donors (Lipinski definition) is 2. The average molecular weight is 255 g/mol. The molecule has 0 aromatic rings. The largest absolute Gasteiger partial charge is 0.374 e. The van der Waals surface area contributed by atoms with Crippen molar-refractivity contribution in [3.8, 4) is 0 Å². The molecule has 2 fully saturated rings. The summed E-state index contributed by atoms with van der Waals surface area (Å²) in [5.74, 6) is 0.0948. The highest BCUT2D eigenvalue weighted by Gasteiger charge is 2.33. The lowest BCUT2D eigenvalue weighted by Gasteiger charge is -2.33. The smallest absolute Gasteiger partial charge is 0.237 e. The molecule has 0 aromatic heterocycles. The highest BCUT2D eigenvalue weighted by atomic mass is 16.5. The third-order valence-corrected chi connectivity index (χ3v) is 3.76. The Kier molecular flexibility index (Phi) is 4.59. The average Bonchev–Trinajstić information content (AvgIpc) is 3.19. The van der Waals surface area contributed by atoms with Crippen molar-refractivity contribution >= 4 is 5.91 Å². The van der Waals surface area contributed by atoms with Crippen LogP contribution in [-0.2, 0) is 9.53 Å². The monoisotopic (exact) mass is 255 g/mol. The Morgan fingerprint density at radius 3 is 2.83 bits per heavy atom. The summed E-state index contributed by atoms with van der Waals surface area (Å²) < 4.78 is 5.68. The van der Waals surface area contributed by atoms with Crippen molar-refractivity contribution in [1.29, 1.82) is 0 Å². The molecule has 2 atom stereocenters. The van der Waals surface area contributed by atoms with E-state index < -0.39 is 6.04 Å². The van der Waals surface area contributed by atoms with Gasteiger partial charge in [-0.3, -0.25) is 9.69 Å². The number of ether oxygens (including phenoxy) is 1. The Morgan fingerprint density at radius 2 is 2.22 bits per heavy atom. The number of carbonyl (C=O) groups excluding carboxylic acids is 1. The Hall–Kier alpha value is -0.650. The SMILES string of the molecule is CC(C)[C@H](N)C(=O)NCC1CN(C2CC2)CCO1.